The molecule has 0 aromatic carbocycles. The van der Waals surface area contributed by atoms with Crippen LogP contribution in [0.2, 0.25) is 0 Å². The number of halogens is 1. The van der Waals surface area contributed by atoms with Gasteiger partial charge < -0.3 is 5.11 Å². The summed E-state index contributed by atoms with van der Waals surface area (Å²) in [5.41, 5.74) is -2.26. The number of carboxylic acids is 1. The molecule has 3 nitrogen and oxygen atoms in total. The molecule has 0 saturated heterocycles. The van der Waals surface area contributed by atoms with E-state index in [2.05, 4.69) is 0 Å². The highest BCUT2D eigenvalue weighted by molar-refractivity contribution is 6.35. The molecule has 0 unspecified atom stereocenters. The molecule has 0 aliphatic rings. The van der Waals surface area contributed by atoms with Gasteiger partial charge in [0, 0.05) is 0 Å². The molecule has 52 valence electrons. The maximum atomic E-state index is 12.3. The molecule has 0 saturated carbocycles. The number of carbonyl (C=O) groups excluding carboxylic acids is 1. The van der Waals surface area contributed by atoms with Crippen LogP contribution in [0, 0.1) is 0 Å². The maximum Gasteiger partial charge on any atom is 0.375 e. The highest BCUT2D eigenvalue weighted by Crippen LogP contribution is 2.08. The third-order valence-electron chi connectivity index (χ3n) is 0.734. The molecule has 0 amide bonds. The van der Waals surface area contributed by atoms with Crippen molar-refractivity contribution in [2.24, 2.45) is 0 Å². The lowest BCUT2D eigenvalue weighted by molar-refractivity contribution is -0.154. The van der Waals surface area contributed by atoms with Gasteiger partial charge in [0.1, 0.15) is 0 Å². The summed E-state index contributed by atoms with van der Waals surface area (Å²) in [7, 11) is 0. The topological polar surface area (TPSA) is 54.4 Å². The number of Topliss-reactive ketones (excluding diaryl/α,β-unsaturated/α-hetero) is 1. The monoisotopic (exact) mass is 134 g/mol. The second-order valence-electron chi connectivity index (χ2n) is 2.11. The third-order valence-corrected chi connectivity index (χ3v) is 0.734. The molecule has 0 aliphatic heterocycles. The minimum atomic E-state index is -2.26. The minimum Gasteiger partial charge on any atom is -0.475 e. The van der Waals surface area contributed by atoms with Gasteiger partial charge in [0.2, 0.25) is 0 Å². The fourth-order valence-corrected chi connectivity index (χ4v) is 0.254. The van der Waals surface area contributed by atoms with Gasteiger partial charge in [0.25, 0.3) is 5.78 Å². The zero-order chi connectivity index (χ0) is 7.65. The van der Waals surface area contributed by atoms with Gasteiger partial charge in [-0.3, -0.25) is 4.79 Å². The lowest BCUT2D eigenvalue weighted by atomic mass is 10.1. The van der Waals surface area contributed by atoms with Gasteiger partial charge in [-0.2, -0.15) is 0 Å². The molecule has 0 rings (SSSR count). The van der Waals surface area contributed by atoms with Crippen molar-refractivity contribution < 1.29 is 19.1 Å². The normalized spacial score (nSPS) is 11.0. The summed E-state index contributed by atoms with van der Waals surface area (Å²) in [6.07, 6.45) is 0. The molecule has 0 spiro atoms. The van der Waals surface area contributed by atoms with Crippen LogP contribution < -0.4 is 0 Å². The van der Waals surface area contributed by atoms with E-state index < -0.39 is 17.4 Å². The van der Waals surface area contributed by atoms with Gasteiger partial charge in [0.05, 0.1) is 0 Å². The Balaban J connectivity index is 4.23. The Morgan fingerprint density at radius 2 is 1.78 bits per heavy atom. The lowest BCUT2D eigenvalue weighted by Gasteiger charge is -2.06. The number of ketones is 1. The van der Waals surface area contributed by atoms with Crippen LogP contribution in [0.4, 0.5) is 4.39 Å². The molecule has 0 radical (unpaired) electrons. The van der Waals surface area contributed by atoms with Crippen molar-refractivity contribution in [3.05, 3.63) is 0 Å². The quantitative estimate of drug-likeness (QED) is 0.556. The van der Waals surface area contributed by atoms with E-state index in [1.165, 1.54) is 0 Å². The van der Waals surface area contributed by atoms with Crippen LogP contribution in [0.25, 0.3) is 0 Å². The average Bonchev–Trinajstić information content (AvgIpc) is 1.62. The van der Waals surface area contributed by atoms with Gasteiger partial charge in [-0.15, -0.1) is 0 Å². The van der Waals surface area contributed by atoms with E-state index in [0.29, 0.717) is 0 Å². The van der Waals surface area contributed by atoms with E-state index in [-0.39, 0.29) is 0 Å². The van der Waals surface area contributed by atoms with Gasteiger partial charge in [-0.1, -0.05) is 0 Å². The summed E-state index contributed by atoms with van der Waals surface area (Å²) in [5, 5.41) is 7.93. The first kappa shape index (κ1) is 8.07. The minimum absolute atomic E-state index is 0.906. The van der Waals surface area contributed by atoms with Gasteiger partial charge in [0.15, 0.2) is 5.67 Å². The standard InChI is InChI=1S/C5H7FO3/c1-5(2,6)3(7)4(8)9/h1-2H3,(H,8,9). The molecule has 0 atom stereocenters. The van der Waals surface area contributed by atoms with Crippen molar-refractivity contribution in [3.63, 3.8) is 0 Å². The third kappa shape index (κ3) is 2.21. The van der Waals surface area contributed by atoms with Crippen LogP contribution in [0.5, 0.6) is 0 Å². The molecule has 0 bridgehead atoms. The van der Waals surface area contributed by atoms with E-state index in [1.54, 1.807) is 0 Å². The second-order valence-corrected chi connectivity index (χ2v) is 2.11. The predicted octanol–water partition coefficient (Wildman–Crippen LogP) is 0.388. The first-order chi connectivity index (χ1) is 3.85. The number of rotatable bonds is 2. The average molecular weight is 134 g/mol. The Labute approximate surface area is 51.5 Å². The van der Waals surface area contributed by atoms with Crippen LogP contribution >= 0.6 is 0 Å². The maximum absolute atomic E-state index is 12.3. The highest BCUT2D eigenvalue weighted by Gasteiger charge is 2.32. The molecule has 0 aromatic rings. The zero-order valence-electron chi connectivity index (χ0n) is 5.14. The summed E-state index contributed by atoms with van der Waals surface area (Å²) in [6, 6.07) is 0. The molecule has 0 aromatic heterocycles. The number of carboxylic acid groups (broad SMARTS) is 1. The van der Waals surface area contributed by atoms with E-state index in [9.17, 15) is 14.0 Å². The Kier molecular flexibility index (Phi) is 1.91. The van der Waals surface area contributed by atoms with E-state index in [4.69, 9.17) is 5.11 Å². The van der Waals surface area contributed by atoms with Crippen LogP contribution in [0.1, 0.15) is 13.8 Å². The SMILES string of the molecule is CC(C)(F)C(=O)C(=O)O. The largest absolute Gasteiger partial charge is 0.475 e. The number of hydrogen-bond acceptors (Lipinski definition) is 2. The smallest absolute Gasteiger partial charge is 0.375 e. The zero-order valence-corrected chi connectivity index (χ0v) is 5.14. The molecule has 0 heterocycles. The van der Waals surface area contributed by atoms with Gasteiger partial charge >= 0.3 is 5.97 Å². The van der Waals surface area contributed by atoms with Crippen LogP contribution in [-0.4, -0.2) is 22.5 Å². The summed E-state index contributed by atoms with van der Waals surface area (Å²) >= 11 is 0. The Hall–Kier alpha value is -0.930. The van der Waals surface area contributed by atoms with Crippen molar-refractivity contribution in [2.75, 3.05) is 0 Å². The lowest BCUT2D eigenvalue weighted by Crippen LogP contribution is -2.32. The van der Waals surface area contributed by atoms with Crippen LogP contribution in [0.3, 0.4) is 0 Å². The van der Waals surface area contributed by atoms with Crippen molar-refractivity contribution >= 4 is 11.8 Å². The summed E-state index contributed by atoms with van der Waals surface area (Å²) in [5.74, 6) is -3.15. The van der Waals surface area contributed by atoms with Crippen molar-refractivity contribution in [1.29, 1.82) is 0 Å². The Bertz CT molecular complexity index is 145. The first-order valence-corrected chi connectivity index (χ1v) is 2.32. The number of alkyl halides is 1. The van der Waals surface area contributed by atoms with Gasteiger partial charge in [-0.05, 0) is 13.8 Å². The summed E-state index contributed by atoms with van der Waals surface area (Å²) in [6.45, 7) is 1.81. The highest BCUT2D eigenvalue weighted by atomic mass is 19.1. The van der Waals surface area contributed by atoms with Gasteiger partial charge in [-0.25, -0.2) is 9.18 Å². The van der Waals surface area contributed by atoms with E-state index in [1.807, 2.05) is 0 Å². The molecule has 4 heteroatoms. The second kappa shape index (κ2) is 2.13. The number of aliphatic carboxylic acids is 1. The van der Waals surface area contributed by atoms with E-state index >= 15 is 0 Å². The van der Waals surface area contributed by atoms with Crippen LogP contribution in [0.15, 0.2) is 0 Å². The summed E-state index contributed by atoms with van der Waals surface area (Å²) < 4.78 is 12.3. The Morgan fingerprint density at radius 1 is 1.44 bits per heavy atom. The number of carbonyl (C=O) groups is 2. The van der Waals surface area contributed by atoms with Crippen molar-refractivity contribution in [1.82, 2.24) is 0 Å². The first-order valence-electron chi connectivity index (χ1n) is 2.32. The fourth-order valence-electron chi connectivity index (χ4n) is 0.254. The summed E-state index contributed by atoms with van der Waals surface area (Å²) in [4.78, 5) is 19.9. The Morgan fingerprint density at radius 3 is 1.78 bits per heavy atom. The van der Waals surface area contributed by atoms with Crippen molar-refractivity contribution in [2.45, 2.75) is 19.5 Å². The van der Waals surface area contributed by atoms with E-state index in [0.717, 1.165) is 13.8 Å². The van der Waals surface area contributed by atoms with Crippen molar-refractivity contribution in [3.8, 4) is 0 Å². The molecule has 9 heavy (non-hydrogen) atoms. The number of hydrogen-bond donors (Lipinski definition) is 1. The molecule has 0 fully saturated rings. The van der Waals surface area contributed by atoms with Crippen LogP contribution in [-0.2, 0) is 9.59 Å². The molecular formula is C5H7FO3. The predicted molar refractivity (Wildman–Crippen MR) is 27.8 cm³/mol. The molecular weight excluding hydrogens is 127 g/mol. The molecule has 1 N–H and O–H groups in total. The fraction of sp³-hybridized carbons (Fsp3) is 0.600. The molecule has 0 aliphatic carbocycles.